The van der Waals surface area contributed by atoms with Gasteiger partial charge in [-0.1, -0.05) is 29.8 Å². The quantitative estimate of drug-likeness (QED) is 0.800. The van der Waals surface area contributed by atoms with E-state index in [1.165, 1.54) is 5.56 Å². The topological polar surface area (TPSA) is 61.4 Å². The van der Waals surface area contributed by atoms with Crippen LogP contribution in [0.5, 0.6) is 0 Å². The minimum Gasteiger partial charge on any atom is -0.326 e. The molecular weight excluding hydrogens is 362 g/mol. The fourth-order valence-corrected chi connectivity index (χ4v) is 3.81. The summed E-state index contributed by atoms with van der Waals surface area (Å²) in [5.74, 6) is 0.0712. The Morgan fingerprint density at radius 2 is 1.52 bits per heavy atom. The summed E-state index contributed by atoms with van der Waals surface area (Å²) in [4.78, 5) is 27.2. The molecule has 5 heteroatoms. The number of hydrogen-bond acceptors (Lipinski definition) is 3. The van der Waals surface area contributed by atoms with Crippen LogP contribution >= 0.6 is 0 Å². The van der Waals surface area contributed by atoms with E-state index in [1.54, 1.807) is 0 Å². The van der Waals surface area contributed by atoms with Gasteiger partial charge in [-0.3, -0.25) is 14.5 Å². The van der Waals surface area contributed by atoms with E-state index in [2.05, 4.69) is 21.6 Å². The molecule has 2 N–H and O–H groups in total. The molecule has 0 spiro atoms. The van der Waals surface area contributed by atoms with Crippen LogP contribution in [0.2, 0.25) is 0 Å². The molecule has 1 saturated heterocycles. The molecule has 0 atom stereocenters. The normalized spacial score (nSPS) is 15.2. The number of carbonyl (C=O) groups is 2. The summed E-state index contributed by atoms with van der Waals surface area (Å²) in [6.07, 6.45) is 1.54. The van der Waals surface area contributed by atoms with E-state index in [-0.39, 0.29) is 17.7 Å². The first kappa shape index (κ1) is 21.1. The van der Waals surface area contributed by atoms with Crippen molar-refractivity contribution in [2.24, 2.45) is 5.92 Å². The van der Waals surface area contributed by atoms with Gasteiger partial charge in [0.2, 0.25) is 11.8 Å². The Morgan fingerprint density at radius 1 is 0.862 bits per heavy atom. The highest BCUT2D eigenvalue weighted by molar-refractivity contribution is 5.94. The highest BCUT2D eigenvalue weighted by Gasteiger charge is 2.26. The van der Waals surface area contributed by atoms with Gasteiger partial charge in [-0.15, -0.1) is 0 Å². The number of nitrogens with one attached hydrogen (secondary N) is 2. The van der Waals surface area contributed by atoms with Crippen LogP contribution in [-0.2, 0) is 9.59 Å². The third kappa shape index (κ3) is 5.67. The summed E-state index contributed by atoms with van der Waals surface area (Å²) in [6, 6.07) is 12.1. The fourth-order valence-electron chi connectivity index (χ4n) is 3.81. The lowest BCUT2D eigenvalue weighted by atomic mass is 9.95. The average Bonchev–Trinajstić information content (AvgIpc) is 2.67. The molecule has 154 valence electrons. The van der Waals surface area contributed by atoms with Crippen LogP contribution in [0.3, 0.4) is 0 Å². The maximum Gasteiger partial charge on any atom is 0.238 e. The molecular formula is C24H31N3O2. The second-order valence-electron chi connectivity index (χ2n) is 8.22. The zero-order valence-electron chi connectivity index (χ0n) is 17.8. The van der Waals surface area contributed by atoms with Crippen LogP contribution in [-0.4, -0.2) is 36.3 Å². The first-order valence-corrected chi connectivity index (χ1v) is 10.3. The summed E-state index contributed by atoms with van der Waals surface area (Å²) in [5, 5.41) is 6.09. The van der Waals surface area contributed by atoms with Crippen molar-refractivity contribution in [3.63, 3.8) is 0 Å². The molecule has 0 radical (unpaired) electrons. The highest BCUT2D eigenvalue weighted by Crippen LogP contribution is 2.22. The van der Waals surface area contributed by atoms with E-state index < -0.39 is 0 Å². The molecule has 1 aliphatic heterocycles. The first-order valence-electron chi connectivity index (χ1n) is 10.3. The number of benzene rings is 2. The van der Waals surface area contributed by atoms with Crippen LogP contribution in [0.1, 0.15) is 35.1 Å². The Kier molecular flexibility index (Phi) is 6.70. The number of rotatable bonds is 5. The Balaban J connectivity index is 1.48. The fraction of sp³-hybridized carbons (Fsp3) is 0.417. The van der Waals surface area contributed by atoms with Gasteiger partial charge in [-0.05, 0) is 82.4 Å². The predicted molar refractivity (Wildman–Crippen MR) is 118 cm³/mol. The third-order valence-corrected chi connectivity index (χ3v) is 5.63. The number of amides is 2. The largest absolute Gasteiger partial charge is 0.326 e. The second kappa shape index (κ2) is 9.23. The van der Waals surface area contributed by atoms with Crippen molar-refractivity contribution >= 4 is 23.2 Å². The van der Waals surface area contributed by atoms with Crippen LogP contribution in [0.25, 0.3) is 0 Å². The zero-order chi connectivity index (χ0) is 21.0. The number of hydrogen-bond donors (Lipinski definition) is 2. The molecule has 2 aromatic carbocycles. The average molecular weight is 394 g/mol. The predicted octanol–water partition coefficient (Wildman–Crippen LogP) is 4.21. The molecule has 2 aromatic rings. The molecule has 1 heterocycles. The van der Waals surface area contributed by atoms with Crippen molar-refractivity contribution in [3.8, 4) is 0 Å². The molecule has 2 amide bonds. The number of piperidine rings is 1. The minimum absolute atomic E-state index is 0.00441. The van der Waals surface area contributed by atoms with E-state index >= 15 is 0 Å². The summed E-state index contributed by atoms with van der Waals surface area (Å²) in [6.45, 7) is 9.94. The van der Waals surface area contributed by atoms with E-state index in [0.717, 1.165) is 54.0 Å². The van der Waals surface area contributed by atoms with Gasteiger partial charge in [0.15, 0.2) is 0 Å². The van der Waals surface area contributed by atoms with Gasteiger partial charge < -0.3 is 10.6 Å². The molecule has 1 aliphatic rings. The zero-order valence-corrected chi connectivity index (χ0v) is 17.8. The van der Waals surface area contributed by atoms with Gasteiger partial charge in [-0.2, -0.15) is 0 Å². The van der Waals surface area contributed by atoms with Gasteiger partial charge in [0.25, 0.3) is 0 Å². The number of carbonyl (C=O) groups excluding carboxylic acids is 2. The maximum absolute atomic E-state index is 12.7. The van der Waals surface area contributed by atoms with E-state index in [9.17, 15) is 9.59 Å². The summed E-state index contributed by atoms with van der Waals surface area (Å²) in [5.41, 5.74) is 6.22. The monoisotopic (exact) mass is 393 g/mol. The van der Waals surface area contributed by atoms with Crippen LogP contribution in [0.15, 0.2) is 36.4 Å². The molecule has 0 bridgehead atoms. The Bertz CT molecular complexity index is 899. The standard InChI is InChI=1S/C24H31N3O2/c1-16-6-8-21(19(4)13-16)25-23(28)15-27-11-9-20(10-12-27)24(29)26-22-14-17(2)5-7-18(22)3/h5-8,13-14,20H,9-12,15H2,1-4H3,(H,25,28)(H,26,29). The lowest BCUT2D eigenvalue weighted by molar-refractivity contribution is -0.121. The molecule has 5 nitrogen and oxygen atoms in total. The van der Waals surface area contributed by atoms with Crippen molar-refractivity contribution in [1.29, 1.82) is 0 Å². The summed E-state index contributed by atoms with van der Waals surface area (Å²) in [7, 11) is 0. The number of likely N-dealkylation sites (tertiary alicyclic amines) is 1. The van der Waals surface area contributed by atoms with Crippen molar-refractivity contribution in [1.82, 2.24) is 4.90 Å². The van der Waals surface area contributed by atoms with Crippen LogP contribution in [0.4, 0.5) is 11.4 Å². The smallest absolute Gasteiger partial charge is 0.238 e. The maximum atomic E-state index is 12.7. The van der Waals surface area contributed by atoms with Crippen molar-refractivity contribution in [2.45, 2.75) is 40.5 Å². The van der Waals surface area contributed by atoms with E-state index in [4.69, 9.17) is 0 Å². The lowest BCUT2D eigenvalue weighted by Gasteiger charge is -2.31. The van der Waals surface area contributed by atoms with Crippen molar-refractivity contribution in [3.05, 3.63) is 58.7 Å². The molecule has 1 fully saturated rings. The van der Waals surface area contributed by atoms with Gasteiger partial charge in [-0.25, -0.2) is 0 Å². The first-order chi connectivity index (χ1) is 13.8. The van der Waals surface area contributed by atoms with Crippen molar-refractivity contribution < 1.29 is 9.59 Å². The Labute approximate surface area is 173 Å². The molecule has 0 aromatic heterocycles. The summed E-state index contributed by atoms with van der Waals surface area (Å²) < 4.78 is 0. The molecule has 29 heavy (non-hydrogen) atoms. The van der Waals surface area contributed by atoms with Gasteiger partial charge >= 0.3 is 0 Å². The summed E-state index contributed by atoms with van der Waals surface area (Å²) >= 11 is 0. The molecule has 3 rings (SSSR count). The molecule has 0 unspecified atom stereocenters. The highest BCUT2D eigenvalue weighted by atomic mass is 16.2. The lowest BCUT2D eigenvalue weighted by Crippen LogP contribution is -2.41. The number of aryl methyl sites for hydroxylation is 4. The number of anilines is 2. The van der Waals surface area contributed by atoms with E-state index in [0.29, 0.717) is 6.54 Å². The SMILES string of the molecule is Cc1ccc(NC(=O)CN2CCC(C(=O)Nc3cc(C)ccc3C)CC2)c(C)c1. The van der Waals surface area contributed by atoms with E-state index in [1.807, 2.05) is 58.0 Å². The molecule has 0 aliphatic carbocycles. The molecule has 0 saturated carbocycles. The van der Waals surface area contributed by atoms with Gasteiger partial charge in [0, 0.05) is 17.3 Å². The van der Waals surface area contributed by atoms with Gasteiger partial charge in [0.05, 0.1) is 6.54 Å². The van der Waals surface area contributed by atoms with Crippen LogP contribution < -0.4 is 10.6 Å². The van der Waals surface area contributed by atoms with Crippen LogP contribution in [0, 0.1) is 33.6 Å². The third-order valence-electron chi connectivity index (χ3n) is 5.63. The Hall–Kier alpha value is -2.66. The second-order valence-corrected chi connectivity index (χ2v) is 8.22. The minimum atomic E-state index is -0.00596. The van der Waals surface area contributed by atoms with Crippen molar-refractivity contribution in [2.75, 3.05) is 30.3 Å². The number of nitrogens with zero attached hydrogens (tertiary/aromatic N) is 1. The Morgan fingerprint density at radius 3 is 2.21 bits per heavy atom. The van der Waals surface area contributed by atoms with Gasteiger partial charge in [0.1, 0.15) is 0 Å².